The Kier molecular flexibility index (Phi) is 3.71. The maximum Gasteiger partial charge on any atom is 0.228 e. The number of hydrogen-bond acceptors (Lipinski definition) is 7. The molecule has 16 heavy (non-hydrogen) atoms. The second-order valence-electron chi connectivity index (χ2n) is 2.96. The fourth-order valence-electron chi connectivity index (χ4n) is 1.15. The summed E-state index contributed by atoms with van der Waals surface area (Å²) in [7, 11) is 0. The first-order chi connectivity index (χ1) is 7.88. The molecule has 0 aromatic carbocycles. The lowest BCUT2D eigenvalue weighted by molar-refractivity contribution is 0.379. The van der Waals surface area contributed by atoms with E-state index >= 15 is 0 Å². The van der Waals surface area contributed by atoms with Gasteiger partial charge in [-0.1, -0.05) is 5.16 Å². The Morgan fingerprint density at radius 2 is 2.25 bits per heavy atom. The Hall–Kier alpha value is -1.63. The maximum absolute atomic E-state index is 4.88. The maximum atomic E-state index is 4.88. The van der Waals surface area contributed by atoms with Gasteiger partial charge in [0.15, 0.2) is 6.33 Å². The lowest BCUT2D eigenvalue weighted by Crippen LogP contribution is -2.06. The van der Waals surface area contributed by atoms with Crippen molar-refractivity contribution in [3.8, 4) is 0 Å². The first-order valence-corrected chi connectivity index (χ1v) is 5.96. The smallest absolute Gasteiger partial charge is 0.228 e. The molecule has 0 radical (unpaired) electrons. The van der Waals surface area contributed by atoms with Gasteiger partial charge >= 0.3 is 0 Å². The van der Waals surface area contributed by atoms with E-state index in [1.54, 1.807) is 18.1 Å². The summed E-state index contributed by atoms with van der Waals surface area (Å²) < 4.78 is 4.88. The molecule has 0 bridgehead atoms. The largest absolute Gasteiger partial charge is 0.369 e. The zero-order valence-electron chi connectivity index (χ0n) is 8.75. The SMILES string of the molecule is CSc1cc(NCCc2ncno2)ncn1. The van der Waals surface area contributed by atoms with Gasteiger partial charge in [-0.25, -0.2) is 9.97 Å². The molecule has 2 aromatic heterocycles. The van der Waals surface area contributed by atoms with E-state index in [0.29, 0.717) is 18.9 Å². The van der Waals surface area contributed by atoms with Gasteiger partial charge in [-0.15, -0.1) is 11.8 Å². The van der Waals surface area contributed by atoms with E-state index in [1.807, 2.05) is 12.3 Å². The van der Waals surface area contributed by atoms with Crippen molar-refractivity contribution < 1.29 is 4.52 Å². The number of anilines is 1. The van der Waals surface area contributed by atoms with Crippen molar-refractivity contribution in [2.24, 2.45) is 0 Å². The minimum Gasteiger partial charge on any atom is -0.369 e. The molecule has 2 rings (SSSR count). The lowest BCUT2D eigenvalue weighted by atomic mass is 10.4. The van der Waals surface area contributed by atoms with Crippen molar-refractivity contribution in [3.05, 3.63) is 24.6 Å². The molecule has 0 aliphatic heterocycles. The summed E-state index contributed by atoms with van der Waals surface area (Å²) in [5, 5.41) is 7.64. The topological polar surface area (TPSA) is 76.7 Å². The average Bonchev–Trinajstić information content (AvgIpc) is 2.82. The van der Waals surface area contributed by atoms with Gasteiger partial charge in [-0.3, -0.25) is 0 Å². The zero-order valence-corrected chi connectivity index (χ0v) is 9.57. The van der Waals surface area contributed by atoms with Gasteiger partial charge < -0.3 is 9.84 Å². The molecule has 0 amide bonds. The van der Waals surface area contributed by atoms with E-state index in [-0.39, 0.29) is 0 Å². The summed E-state index contributed by atoms with van der Waals surface area (Å²) in [5.74, 6) is 1.42. The van der Waals surface area contributed by atoms with Gasteiger partial charge in [0.05, 0.1) is 0 Å². The van der Waals surface area contributed by atoms with E-state index in [1.165, 1.54) is 6.33 Å². The molecule has 1 N–H and O–H groups in total. The van der Waals surface area contributed by atoms with Gasteiger partial charge in [0, 0.05) is 19.0 Å². The van der Waals surface area contributed by atoms with Crippen LogP contribution in [-0.4, -0.2) is 32.9 Å². The van der Waals surface area contributed by atoms with E-state index in [0.717, 1.165) is 10.8 Å². The monoisotopic (exact) mass is 237 g/mol. The van der Waals surface area contributed by atoms with Crippen molar-refractivity contribution in [1.82, 2.24) is 20.1 Å². The van der Waals surface area contributed by atoms with Gasteiger partial charge in [0.1, 0.15) is 17.2 Å². The van der Waals surface area contributed by atoms with Crippen LogP contribution in [0.2, 0.25) is 0 Å². The zero-order chi connectivity index (χ0) is 11.2. The molecule has 0 aliphatic carbocycles. The van der Waals surface area contributed by atoms with E-state index < -0.39 is 0 Å². The Bertz CT molecular complexity index is 433. The van der Waals surface area contributed by atoms with Crippen molar-refractivity contribution >= 4 is 17.6 Å². The van der Waals surface area contributed by atoms with Crippen molar-refractivity contribution in [1.29, 1.82) is 0 Å². The number of nitrogens with one attached hydrogen (secondary N) is 1. The standard InChI is InChI=1S/C9H11N5OS/c1-16-9-4-7(11-5-13-9)10-3-2-8-12-6-14-15-8/h4-6H,2-3H2,1H3,(H,10,11,13). The van der Waals surface area contributed by atoms with Crippen LogP contribution < -0.4 is 5.32 Å². The van der Waals surface area contributed by atoms with Gasteiger partial charge in [-0.2, -0.15) is 4.98 Å². The Morgan fingerprint density at radius 1 is 1.31 bits per heavy atom. The van der Waals surface area contributed by atoms with E-state index in [2.05, 4.69) is 25.4 Å². The summed E-state index contributed by atoms with van der Waals surface area (Å²) in [5.41, 5.74) is 0. The van der Waals surface area contributed by atoms with Crippen LogP contribution in [0, 0.1) is 0 Å². The molecule has 84 valence electrons. The molecule has 0 fully saturated rings. The highest BCUT2D eigenvalue weighted by atomic mass is 32.2. The third kappa shape index (κ3) is 2.93. The number of hydrogen-bond donors (Lipinski definition) is 1. The fraction of sp³-hybridized carbons (Fsp3) is 0.333. The average molecular weight is 237 g/mol. The van der Waals surface area contributed by atoms with E-state index in [4.69, 9.17) is 4.52 Å². The van der Waals surface area contributed by atoms with Crippen LogP contribution in [0.4, 0.5) is 5.82 Å². The summed E-state index contributed by atoms with van der Waals surface area (Å²) in [6.45, 7) is 0.701. The summed E-state index contributed by atoms with van der Waals surface area (Å²) in [6.07, 6.45) is 5.59. The van der Waals surface area contributed by atoms with Gasteiger partial charge in [0.25, 0.3) is 0 Å². The second kappa shape index (κ2) is 5.45. The minimum absolute atomic E-state index is 0.617. The summed E-state index contributed by atoms with van der Waals surface area (Å²) >= 11 is 1.58. The van der Waals surface area contributed by atoms with Crippen LogP contribution in [0.3, 0.4) is 0 Å². The predicted octanol–water partition coefficient (Wildman–Crippen LogP) is 1.24. The third-order valence-electron chi connectivity index (χ3n) is 1.90. The number of aromatic nitrogens is 4. The Balaban J connectivity index is 1.85. The molecule has 0 unspecified atom stereocenters. The quantitative estimate of drug-likeness (QED) is 0.619. The van der Waals surface area contributed by atoms with Crippen LogP contribution in [0.1, 0.15) is 5.89 Å². The van der Waals surface area contributed by atoms with Gasteiger partial charge in [0.2, 0.25) is 5.89 Å². The highest BCUT2D eigenvalue weighted by Crippen LogP contribution is 2.13. The highest BCUT2D eigenvalue weighted by Gasteiger charge is 2.00. The molecule has 0 saturated carbocycles. The first-order valence-electron chi connectivity index (χ1n) is 4.74. The van der Waals surface area contributed by atoms with E-state index in [9.17, 15) is 0 Å². The normalized spacial score (nSPS) is 10.3. The molecule has 6 nitrogen and oxygen atoms in total. The third-order valence-corrected chi connectivity index (χ3v) is 2.54. The summed E-state index contributed by atoms with van der Waals surface area (Å²) in [6, 6.07) is 1.90. The second-order valence-corrected chi connectivity index (χ2v) is 3.78. The molecule has 0 atom stereocenters. The highest BCUT2D eigenvalue weighted by molar-refractivity contribution is 7.98. The van der Waals surface area contributed by atoms with Crippen LogP contribution >= 0.6 is 11.8 Å². The molecule has 0 spiro atoms. The lowest BCUT2D eigenvalue weighted by Gasteiger charge is -2.03. The molecular weight excluding hydrogens is 226 g/mol. The minimum atomic E-state index is 0.617. The predicted molar refractivity (Wildman–Crippen MR) is 60.3 cm³/mol. The van der Waals surface area contributed by atoms with Crippen molar-refractivity contribution in [2.75, 3.05) is 18.1 Å². The molecule has 0 saturated heterocycles. The number of rotatable bonds is 5. The molecule has 0 aliphatic rings. The van der Waals surface area contributed by atoms with Crippen LogP contribution in [0.25, 0.3) is 0 Å². The molecular formula is C9H11N5OS. The van der Waals surface area contributed by atoms with Crippen LogP contribution in [0.15, 0.2) is 28.3 Å². The van der Waals surface area contributed by atoms with Crippen LogP contribution in [-0.2, 0) is 6.42 Å². The number of nitrogens with zero attached hydrogens (tertiary/aromatic N) is 4. The van der Waals surface area contributed by atoms with Crippen LogP contribution in [0.5, 0.6) is 0 Å². The molecule has 2 heterocycles. The Morgan fingerprint density at radius 3 is 3.00 bits per heavy atom. The number of thioether (sulfide) groups is 1. The fourth-order valence-corrected chi connectivity index (χ4v) is 1.53. The first kappa shape index (κ1) is 10.9. The molecule has 2 aromatic rings. The summed E-state index contributed by atoms with van der Waals surface area (Å²) in [4.78, 5) is 12.1. The van der Waals surface area contributed by atoms with Crippen molar-refractivity contribution in [2.45, 2.75) is 11.4 Å². The Labute approximate surface area is 96.9 Å². The molecule has 7 heteroatoms. The van der Waals surface area contributed by atoms with Crippen molar-refractivity contribution in [3.63, 3.8) is 0 Å². The van der Waals surface area contributed by atoms with Gasteiger partial charge in [-0.05, 0) is 6.26 Å².